The molecule has 1 atom stereocenters. The van der Waals surface area contributed by atoms with Crippen molar-refractivity contribution in [2.45, 2.75) is 26.0 Å². The first-order valence-electron chi connectivity index (χ1n) is 6.70. The van der Waals surface area contributed by atoms with E-state index in [1.807, 2.05) is 44.2 Å². The second-order valence-electron chi connectivity index (χ2n) is 4.95. The van der Waals surface area contributed by atoms with E-state index in [1.165, 1.54) is 6.07 Å². The molecule has 0 spiro atoms. The van der Waals surface area contributed by atoms with Crippen molar-refractivity contribution in [1.82, 2.24) is 5.43 Å². The van der Waals surface area contributed by atoms with Crippen LogP contribution >= 0.6 is 15.9 Å². The van der Waals surface area contributed by atoms with E-state index in [4.69, 9.17) is 10.6 Å². The molecule has 2 aromatic rings. The highest BCUT2D eigenvalue weighted by atomic mass is 79.9. The maximum absolute atomic E-state index is 13.8. The van der Waals surface area contributed by atoms with Crippen molar-refractivity contribution in [3.8, 4) is 5.75 Å². The van der Waals surface area contributed by atoms with Crippen LogP contribution in [0.5, 0.6) is 5.75 Å². The first kappa shape index (κ1) is 15.9. The maximum atomic E-state index is 13.8. The van der Waals surface area contributed by atoms with Gasteiger partial charge in [0.1, 0.15) is 11.6 Å². The number of nitrogens with two attached hydrogens (primary N) is 1. The topological polar surface area (TPSA) is 47.3 Å². The van der Waals surface area contributed by atoms with Crippen molar-refractivity contribution < 1.29 is 9.13 Å². The SMILES string of the molecule is CC(C)Oc1ccccc1C(NN)c1cccc(F)c1Br. The Morgan fingerprint density at radius 3 is 2.43 bits per heavy atom. The highest BCUT2D eigenvalue weighted by Gasteiger charge is 2.21. The molecule has 0 aliphatic heterocycles. The number of nitrogens with one attached hydrogen (secondary N) is 1. The third-order valence-corrected chi connectivity index (χ3v) is 3.89. The third-order valence-electron chi connectivity index (χ3n) is 3.05. The van der Waals surface area contributed by atoms with Gasteiger partial charge in [0.05, 0.1) is 16.6 Å². The molecule has 0 radical (unpaired) electrons. The monoisotopic (exact) mass is 352 g/mol. The van der Waals surface area contributed by atoms with Crippen LogP contribution in [0.25, 0.3) is 0 Å². The second-order valence-corrected chi connectivity index (χ2v) is 5.74. The zero-order chi connectivity index (χ0) is 15.4. The maximum Gasteiger partial charge on any atom is 0.137 e. The first-order chi connectivity index (χ1) is 10.0. The van der Waals surface area contributed by atoms with E-state index in [0.29, 0.717) is 4.47 Å². The van der Waals surface area contributed by atoms with Gasteiger partial charge in [0.15, 0.2) is 0 Å². The lowest BCUT2D eigenvalue weighted by molar-refractivity contribution is 0.238. The zero-order valence-electron chi connectivity index (χ0n) is 11.9. The zero-order valence-corrected chi connectivity index (χ0v) is 13.5. The third kappa shape index (κ3) is 3.61. The summed E-state index contributed by atoms with van der Waals surface area (Å²) in [6.07, 6.45) is 0.0422. The molecule has 0 aromatic heterocycles. The van der Waals surface area contributed by atoms with Gasteiger partial charge in [0.25, 0.3) is 0 Å². The number of benzene rings is 2. The average Bonchev–Trinajstić information content (AvgIpc) is 2.45. The van der Waals surface area contributed by atoms with Crippen molar-refractivity contribution in [2.24, 2.45) is 5.84 Å². The summed E-state index contributed by atoms with van der Waals surface area (Å²) in [5, 5.41) is 0. The van der Waals surface area contributed by atoms with Gasteiger partial charge in [-0.1, -0.05) is 30.3 Å². The van der Waals surface area contributed by atoms with Gasteiger partial charge in [0.2, 0.25) is 0 Å². The van der Waals surface area contributed by atoms with Gasteiger partial charge >= 0.3 is 0 Å². The predicted octanol–water partition coefficient (Wildman–Crippen LogP) is 3.93. The van der Waals surface area contributed by atoms with Crippen molar-refractivity contribution in [3.63, 3.8) is 0 Å². The van der Waals surface area contributed by atoms with Gasteiger partial charge in [-0.3, -0.25) is 5.84 Å². The number of rotatable bonds is 5. The summed E-state index contributed by atoms with van der Waals surface area (Å²) in [5.74, 6) is 6.11. The highest BCUT2D eigenvalue weighted by Crippen LogP contribution is 2.34. The summed E-state index contributed by atoms with van der Waals surface area (Å²) in [6.45, 7) is 3.92. The largest absolute Gasteiger partial charge is 0.491 e. The Morgan fingerprint density at radius 1 is 1.10 bits per heavy atom. The van der Waals surface area contributed by atoms with Crippen LogP contribution in [-0.4, -0.2) is 6.10 Å². The first-order valence-corrected chi connectivity index (χ1v) is 7.49. The highest BCUT2D eigenvalue weighted by molar-refractivity contribution is 9.10. The molecule has 21 heavy (non-hydrogen) atoms. The summed E-state index contributed by atoms with van der Waals surface area (Å²) in [7, 11) is 0. The van der Waals surface area contributed by atoms with Crippen molar-refractivity contribution in [1.29, 1.82) is 0 Å². The lowest BCUT2D eigenvalue weighted by Gasteiger charge is -2.22. The standard InChI is InChI=1S/C16H18BrFN2O/c1-10(2)21-14-9-4-3-6-11(14)16(20-19)12-7-5-8-13(18)15(12)17/h3-10,16,20H,19H2,1-2H3. The van der Waals surface area contributed by atoms with E-state index in [-0.39, 0.29) is 18.0 Å². The van der Waals surface area contributed by atoms with Crippen LogP contribution in [0.15, 0.2) is 46.9 Å². The average molecular weight is 353 g/mol. The van der Waals surface area contributed by atoms with E-state index in [9.17, 15) is 4.39 Å². The molecule has 112 valence electrons. The molecule has 0 saturated heterocycles. The molecule has 3 nitrogen and oxygen atoms in total. The molecule has 0 aliphatic carbocycles. The van der Waals surface area contributed by atoms with Crippen molar-refractivity contribution in [2.75, 3.05) is 0 Å². The molecule has 1 unspecified atom stereocenters. The minimum atomic E-state index is -0.370. The second kappa shape index (κ2) is 7.02. The van der Waals surface area contributed by atoms with Crippen LogP contribution in [0, 0.1) is 5.82 Å². The molecule has 3 N–H and O–H groups in total. The molecule has 0 amide bonds. The molecule has 0 fully saturated rings. The van der Waals surface area contributed by atoms with Crippen LogP contribution in [-0.2, 0) is 0 Å². The normalized spacial score (nSPS) is 12.5. The number of hydrogen-bond donors (Lipinski definition) is 2. The fourth-order valence-electron chi connectivity index (χ4n) is 2.17. The number of hydrogen-bond acceptors (Lipinski definition) is 3. The van der Waals surface area contributed by atoms with Gasteiger partial charge in [-0.2, -0.15) is 0 Å². The predicted molar refractivity (Wildman–Crippen MR) is 85.5 cm³/mol. The summed E-state index contributed by atoms with van der Waals surface area (Å²) in [5.41, 5.74) is 4.32. The Kier molecular flexibility index (Phi) is 5.33. The molecular weight excluding hydrogens is 335 g/mol. The summed E-state index contributed by atoms with van der Waals surface area (Å²) in [6, 6.07) is 12.1. The smallest absolute Gasteiger partial charge is 0.137 e. The van der Waals surface area contributed by atoms with E-state index in [1.54, 1.807) is 6.07 Å². The van der Waals surface area contributed by atoms with Gasteiger partial charge in [-0.05, 0) is 47.5 Å². The minimum absolute atomic E-state index is 0.0422. The minimum Gasteiger partial charge on any atom is -0.491 e. The summed E-state index contributed by atoms with van der Waals surface area (Å²) in [4.78, 5) is 0. The Hall–Kier alpha value is -1.43. The van der Waals surface area contributed by atoms with Crippen molar-refractivity contribution in [3.05, 3.63) is 63.9 Å². The van der Waals surface area contributed by atoms with Crippen LogP contribution in [0.4, 0.5) is 4.39 Å². The van der Waals surface area contributed by atoms with Crippen LogP contribution in [0.2, 0.25) is 0 Å². The molecular formula is C16H18BrFN2O. The van der Waals surface area contributed by atoms with E-state index in [0.717, 1.165) is 16.9 Å². The molecule has 0 aliphatic rings. The number of halogens is 2. The fourth-order valence-corrected chi connectivity index (χ4v) is 2.66. The quantitative estimate of drug-likeness (QED) is 0.633. The fraction of sp³-hybridized carbons (Fsp3) is 0.250. The lowest BCUT2D eigenvalue weighted by Crippen LogP contribution is -2.30. The van der Waals surface area contributed by atoms with Gasteiger partial charge in [0, 0.05) is 5.56 Å². The number of ether oxygens (including phenoxy) is 1. The van der Waals surface area contributed by atoms with Crippen LogP contribution < -0.4 is 16.0 Å². The Morgan fingerprint density at radius 2 is 1.76 bits per heavy atom. The van der Waals surface area contributed by atoms with Gasteiger partial charge < -0.3 is 4.74 Å². The van der Waals surface area contributed by atoms with E-state index in [2.05, 4.69) is 21.4 Å². The lowest BCUT2D eigenvalue weighted by atomic mass is 9.98. The molecule has 0 bridgehead atoms. The van der Waals surface area contributed by atoms with E-state index >= 15 is 0 Å². The Bertz CT molecular complexity index is 619. The molecule has 0 saturated carbocycles. The molecule has 2 aromatic carbocycles. The van der Waals surface area contributed by atoms with Gasteiger partial charge in [-0.25, -0.2) is 9.82 Å². The van der Waals surface area contributed by atoms with Crippen molar-refractivity contribution >= 4 is 15.9 Å². The molecule has 0 heterocycles. The molecule has 5 heteroatoms. The van der Waals surface area contributed by atoms with Crippen LogP contribution in [0.1, 0.15) is 31.0 Å². The molecule has 2 rings (SSSR count). The summed E-state index contributed by atoms with van der Waals surface area (Å²) < 4.78 is 20.0. The Balaban J connectivity index is 2.49. The Labute approximate surface area is 132 Å². The van der Waals surface area contributed by atoms with E-state index < -0.39 is 0 Å². The van der Waals surface area contributed by atoms with Gasteiger partial charge in [-0.15, -0.1) is 0 Å². The number of para-hydroxylation sites is 1. The number of hydrazine groups is 1. The van der Waals surface area contributed by atoms with Crippen LogP contribution in [0.3, 0.4) is 0 Å². The summed E-state index contributed by atoms with van der Waals surface area (Å²) >= 11 is 3.28.